The number of carbonyl (C=O) groups excluding carboxylic acids is 5. The van der Waals surface area contributed by atoms with Crippen molar-refractivity contribution in [2.24, 2.45) is 5.92 Å². The van der Waals surface area contributed by atoms with Crippen LogP contribution in [0.1, 0.15) is 43.2 Å². The van der Waals surface area contributed by atoms with Crippen LogP contribution in [0.25, 0.3) is 5.69 Å². The molecule has 2 aromatic carbocycles. The topological polar surface area (TPSA) is 159 Å². The second-order valence-electron chi connectivity index (χ2n) is 11.5. The van der Waals surface area contributed by atoms with Gasteiger partial charge in [-0.1, -0.05) is 67.6 Å². The molecule has 1 aromatic heterocycles. The van der Waals surface area contributed by atoms with Crippen LogP contribution < -0.4 is 16.0 Å². The van der Waals surface area contributed by atoms with Crippen molar-refractivity contribution in [2.75, 3.05) is 26.7 Å². The third kappa shape index (κ3) is 8.74. The lowest BCUT2D eigenvalue weighted by Gasteiger charge is -2.30. The largest absolute Gasteiger partial charge is 0.353 e. The monoisotopic (exact) mass is 616 g/mol. The van der Waals surface area contributed by atoms with Crippen LogP contribution in [0.15, 0.2) is 66.9 Å². The van der Waals surface area contributed by atoms with E-state index in [1.165, 1.54) is 27.7 Å². The van der Waals surface area contributed by atoms with Crippen molar-refractivity contribution in [1.82, 2.24) is 40.7 Å². The van der Waals surface area contributed by atoms with Gasteiger partial charge in [-0.2, -0.15) is 0 Å². The Morgan fingerprint density at radius 1 is 0.933 bits per heavy atom. The molecule has 1 fully saturated rings. The second kappa shape index (κ2) is 15.1. The van der Waals surface area contributed by atoms with Gasteiger partial charge < -0.3 is 25.8 Å². The van der Waals surface area contributed by atoms with Crippen LogP contribution in [0.4, 0.5) is 0 Å². The quantitative estimate of drug-likeness (QED) is 0.372. The van der Waals surface area contributed by atoms with Gasteiger partial charge in [0.15, 0.2) is 5.69 Å². The number of aromatic nitrogens is 3. The smallest absolute Gasteiger partial charge is 0.276 e. The molecule has 0 bridgehead atoms. The first-order chi connectivity index (χ1) is 21.5. The van der Waals surface area contributed by atoms with Crippen molar-refractivity contribution in [3.05, 3.63) is 78.1 Å². The van der Waals surface area contributed by atoms with E-state index in [0.29, 0.717) is 12.1 Å². The van der Waals surface area contributed by atoms with Crippen LogP contribution >= 0.6 is 0 Å². The number of rotatable bonds is 6. The highest BCUT2D eigenvalue weighted by Crippen LogP contribution is 2.12. The summed E-state index contributed by atoms with van der Waals surface area (Å²) in [5, 5.41) is 16.4. The molecule has 5 amide bonds. The first-order valence-electron chi connectivity index (χ1n) is 15.0. The first kappa shape index (κ1) is 32.8. The lowest BCUT2D eigenvalue weighted by Crippen LogP contribution is -2.57. The molecule has 13 heteroatoms. The molecule has 0 aliphatic carbocycles. The summed E-state index contributed by atoms with van der Waals surface area (Å²) in [4.78, 5) is 69.7. The zero-order valence-electron chi connectivity index (χ0n) is 26.0. The molecule has 3 atom stereocenters. The van der Waals surface area contributed by atoms with Crippen molar-refractivity contribution >= 4 is 29.5 Å². The molecule has 3 aromatic rings. The van der Waals surface area contributed by atoms with Crippen LogP contribution in [0.3, 0.4) is 0 Å². The summed E-state index contributed by atoms with van der Waals surface area (Å²) in [6, 6.07) is 15.6. The molecule has 3 N–H and O–H groups in total. The molecule has 0 spiro atoms. The molecule has 0 radical (unpaired) electrons. The van der Waals surface area contributed by atoms with Crippen molar-refractivity contribution in [1.29, 1.82) is 0 Å². The number of hydrogen-bond donors (Lipinski definition) is 3. The van der Waals surface area contributed by atoms with E-state index in [4.69, 9.17) is 0 Å². The zero-order valence-corrected chi connectivity index (χ0v) is 26.0. The average molecular weight is 617 g/mol. The fourth-order valence-electron chi connectivity index (χ4n) is 4.99. The summed E-state index contributed by atoms with van der Waals surface area (Å²) in [6.45, 7) is 4.97. The number of amides is 5. The Balaban J connectivity index is 1.63. The fourth-order valence-corrected chi connectivity index (χ4v) is 4.99. The molecule has 4 rings (SSSR count). The maximum absolute atomic E-state index is 13.6. The van der Waals surface area contributed by atoms with Gasteiger partial charge in [0, 0.05) is 26.6 Å². The highest BCUT2D eigenvalue weighted by Gasteiger charge is 2.33. The number of para-hydroxylation sites is 1. The number of likely N-dealkylation sites (N-methyl/N-ethyl adjacent to an activating group) is 1. The summed E-state index contributed by atoms with van der Waals surface area (Å²) < 4.78 is 1.45. The highest BCUT2D eigenvalue weighted by molar-refractivity contribution is 5.97. The third-order valence-corrected chi connectivity index (χ3v) is 7.60. The van der Waals surface area contributed by atoms with Crippen LogP contribution in [0.5, 0.6) is 0 Å². The van der Waals surface area contributed by atoms with Crippen LogP contribution in [-0.4, -0.2) is 99.1 Å². The maximum Gasteiger partial charge on any atom is 0.276 e. The fraction of sp³-hybridized carbons (Fsp3) is 0.406. The van der Waals surface area contributed by atoms with Crippen LogP contribution in [0, 0.1) is 5.92 Å². The molecule has 0 saturated carbocycles. The van der Waals surface area contributed by atoms with Gasteiger partial charge in [-0.25, -0.2) is 4.68 Å². The van der Waals surface area contributed by atoms with Gasteiger partial charge in [0.05, 0.1) is 18.4 Å². The minimum absolute atomic E-state index is 0.00432. The van der Waals surface area contributed by atoms with Gasteiger partial charge in [-0.15, -0.1) is 5.10 Å². The summed E-state index contributed by atoms with van der Waals surface area (Å²) in [6.07, 6.45) is 2.00. The van der Waals surface area contributed by atoms with Gasteiger partial charge in [-0.05, 0) is 37.0 Å². The molecular weight excluding hydrogens is 576 g/mol. The SMILES string of the molecule is CC(C)C[C@@H]1NC(=O)CN(C(=O)c2cn(-c3ccccc3)nn2)CCNC(=O)[C@H](Cc2ccccc2)NC(=O)[C@H](C)N(C)C1=O. The van der Waals surface area contributed by atoms with E-state index in [-0.39, 0.29) is 31.1 Å². The predicted molar refractivity (Wildman–Crippen MR) is 166 cm³/mol. The van der Waals surface area contributed by atoms with Gasteiger partial charge in [0.1, 0.15) is 18.1 Å². The number of hydrogen-bond acceptors (Lipinski definition) is 7. The predicted octanol–water partition coefficient (Wildman–Crippen LogP) is 0.945. The van der Waals surface area contributed by atoms with E-state index in [2.05, 4.69) is 26.3 Å². The molecule has 1 saturated heterocycles. The molecular formula is C32H40N8O5. The molecule has 13 nitrogen and oxygen atoms in total. The second-order valence-corrected chi connectivity index (χ2v) is 11.5. The van der Waals surface area contributed by atoms with E-state index in [0.717, 1.165) is 5.56 Å². The standard InChI is InChI=1S/C32H40N8O5/c1-21(2)17-26-31(44)38(4)22(3)29(42)35-25(18-23-11-7-5-8-12-23)30(43)33-15-16-39(20-28(41)34-26)32(45)27-19-40(37-36-27)24-13-9-6-10-14-24/h5-14,19,21-22,25-26H,15-18,20H2,1-4H3,(H,33,43)(H,34,41)(H,35,42)/t22-,25-,26-/m0/s1. The molecule has 45 heavy (non-hydrogen) atoms. The van der Waals surface area contributed by atoms with E-state index in [9.17, 15) is 24.0 Å². The highest BCUT2D eigenvalue weighted by atomic mass is 16.2. The number of benzene rings is 2. The van der Waals surface area contributed by atoms with Gasteiger partial charge in [0.2, 0.25) is 23.6 Å². The van der Waals surface area contributed by atoms with Gasteiger partial charge in [0.25, 0.3) is 5.91 Å². The third-order valence-electron chi connectivity index (χ3n) is 7.60. The van der Waals surface area contributed by atoms with Crippen LogP contribution in [-0.2, 0) is 25.6 Å². The van der Waals surface area contributed by atoms with E-state index in [1.807, 2.05) is 74.5 Å². The summed E-state index contributed by atoms with van der Waals surface area (Å²) in [7, 11) is 1.49. The van der Waals surface area contributed by atoms with Crippen molar-refractivity contribution in [3.8, 4) is 5.69 Å². The van der Waals surface area contributed by atoms with Crippen molar-refractivity contribution in [3.63, 3.8) is 0 Å². The molecule has 0 unspecified atom stereocenters. The summed E-state index contributed by atoms with van der Waals surface area (Å²) in [5.41, 5.74) is 1.54. The van der Waals surface area contributed by atoms with Crippen molar-refractivity contribution < 1.29 is 24.0 Å². The van der Waals surface area contributed by atoms with Gasteiger partial charge >= 0.3 is 0 Å². The van der Waals surface area contributed by atoms with E-state index >= 15 is 0 Å². The molecule has 2 heterocycles. The Morgan fingerprint density at radius 3 is 2.27 bits per heavy atom. The Morgan fingerprint density at radius 2 is 1.60 bits per heavy atom. The number of nitrogens with one attached hydrogen (secondary N) is 3. The van der Waals surface area contributed by atoms with E-state index in [1.54, 1.807) is 6.92 Å². The minimum atomic E-state index is -0.947. The summed E-state index contributed by atoms with van der Waals surface area (Å²) >= 11 is 0. The number of carbonyl (C=O) groups is 5. The molecule has 238 valence electrons. The van der Waals surface area contributed by atoms with E-state index < -0.39 is 54.2 Å². The Kier molecular flexibility index (Phi) is 11.0. The number of nitrogens with zero attached hydrogens (tertiary/aromatic N) is 5. The maximum atomic E-state index is 13.6. The lowest BCUT2D eigenvalue weighted by atomic mass is 10.0. The Hall–Kier alpha value is -5.07. The minimum Gasteiger partial charge on any atom is -0.353 e. The Labute approximate surface area is 262 Å². The zero-order chi connectivity index (χ0) is 32.5. The van der Waals surface area contributed by atoms with Gasteiger partial charge in [-0.3, -0.25) is 24.0 Å². The lowest BCUT2D eigenvalue weighted by molar-refractivity contribution is -0.142. The Bertz CT molecular complexity index is 1490. The summed E-state index contributed by atoms with van der Waals surface area (Å²) in [5.74, 6) is -2.52. The molecule has 1 aliphatic heterocycles. The average Bonchev–Trinajstić information content (AvgIpc) is 3.53. The normalized spacial score (nSPS) is 20.6. The van der Waals surface area contributed by atoms with Crippen LogP contribution in [0.2, 0.25) is 0 Å². The molecule has 1 aliphatic rings. The first-order valence-corrected chi connectivity index (χ1v) is 15.0. The van der Waals surface area contributed by atoms with Crippen molar-refractivity contribution in [2.45, 2.75) is 51.7 Å².